The van der Waals surface area contributed by atoms with Crippen LogP contribution in [-0.4, -0.2) is 62.9 Å². The lowest BCUT2D eigenvalue weighted by atomic mass is 10.0. The molecule has 38 heavy (non-hydrogen) atoms. The van der Waals surface area contributed by atoms with Crippen LogP contribution in [0.25, 0.3) is 10.1 Å². The summed E-state index contributed by atoms with van der Waals surface area (Å²) in [6, 6.07) is 13.0. The number of carbonyl (C=O) groups excluding carboxylic acids is 2. The minimum atomic E-state index is -3.88. The van der Waals surface area contributed by atoms with Gasteiger partial charge in [0, 0.05) is 29.4 Å². The quantitative estimate of drug-likeness (QED) is 0.376. The number of carbonyl (C=O) groups is 2. The molecular formula is C26H29Cl2N3O5S2. The Balaban J connectivity index is 1.39. The molecule has 204 valence electrons. The van der Waals surface area contributed by atoms with E-state index in [0.717, 1.165) is 10.1 Å². The normalized spacial score (nSPS) is 17.4. The Hall–Kier alpha value is -2.21. The molecule has 2 aromatic carbocycles. The van der Waals surface area contributed by atoms with E-state index in [9.17, 15) is 18.0 Å². The van der Waals surface area contributed by atoms with E-state index in [1.165, 1.54) is 33.8 Å². The second kappa shape index (κ2) is 12.3. The average molecular weight is 599 g/mol. The van der Waals surface area contributed by atoms with Crippen molar-refractivity contribution in [2.45, 2.75) is 37.3 Å². The molecule has 1 unspecified atom stereocenters. The van der Waals surface area contributed by atoms with Crippen LogP contribution < -0.4 is 10.6 Å². The zero-order valence-corrected chi connectivity index (χ0v) is 24.1. The van der Waals surface area contributed by atoms with Crippen LogP contribution in [-0.2, 0) is 19.6 Å². The second-order valence-corrected chi connectivity index (χ2v) is 13.3. The molecule has 3 aromatic rings. The summed E-state index contributed by atoms with van der Waals surface area (Å²) in [4.78, 5) is 26.6. The van der Waals surface area contributed by atoms with Gasteiger partial charge in [-0.3, -0.25) is 9.59 Å². The minimum absolute atomic E-state index is 0.0331. The highest BCUT2D eigenvalue weighted by Gasteiger charge is 2.33. The summed E-state index contributed by atoms with van der Waals surface area (Å²) < 4.78 is 34.3. The number of thiophene rings is 1. The summed E-state index contributed by atoms with van der Waals surface area (Å²) in [6.07, 6.45) is -0.115. The molecule has 0 aliphatic carbocycles. The average Bonchev–Trinajstić information content (AvgIpc) is 3.31. The van der Waals surface area contributed by atoms with Crippen LogP contribution in [0.3, 0.4) is 0 Å². The minimum Gasteiger partial charge on any atom is -0.374 e. The van der Waals surface area contributed by atoms with Gasteiger partial charge in [0.1, 0.15) is 10.9 Å². The highest BCUT2D eigenvalue weighted by molar-refractivity contribution is 7.89. The van der Waals surface area contributed by atoms with Gasteiger partial charge in [-0.2, -0.15) is 4.31 Å². The maximum absolute atomic E-state index is 13.2. The van der Waals surface area contributed by atoms with Crippen LogP contribution >= 0.6 is 34.5 Å². The number of nitrogens with zero attached hydrogens (tertiary/aromatic N) is 1. The fourth-order valence-electron chi connectivity index (χ4n) is 4.22. The van der Waals surface area contributed by atoms with Crippen molar-refractivity contribution in [3.8, 4) is 0 Å². The van der Waals surface area contributed by atoms with E-state index < -0.39 is 22.2 Å². The van der Waals surface area contributed by atoms with E-state index in [0.29, 0.717) is 16.3 Å². The number of ether oxygens (including phenoxy) is 1. The predicted octanol–water partition coefficient (Wildman–Crippen LogP) is 4.56. The molecule has 4 rings (SSSR count). The zero-order valence-electron chi connectivity index (χ0n) is 20.9. The van der Waals surface area contributed by atoms with Gasteiger partial charge in [-0.1, -0.05) is 55.2 Å². The van der Waals surface area contributed by atoms with Crippen molar-refractivity contribution in [1.82, 2.24) is 14.9 Å². The van der Waals surface area contributed by atoms with E-state index in [1.807, 2.05) is 44.2 Å². The lowest BCUT2D eigenvalue weighted by Gasteiger charge is -2.32. The topological polar surface area (TPSA) is 105 Å². The number of nitrogens with one attached hydrogen (secondary N) is 2. The summed E-state index contributed by atoms with van der Waals surface area (Å²) in [6.45, 7) is 4.41. The van der Waals surface area contributed by atoms with Gasteiger partial charge >= 0.3 is 0 Å². The molecule has 1 aliphatic rings. The highest BCUT2D eigenvalue weighted by atomic mass is 35.5. The molecular weight excluding hydrogens is 569 g/mol. The molecule has 0 bridgehead atoms. The first kappa shape index (κ1) is 28.8. The molecule has 2 amide bonds. The number of benzene rings is 2. The highest BCUT2D eigenvalue weighted by Crippen LogP contribution is 2.29. The maximum Gasteiger partial charge on any atom is 0.262 e. The van der Waals surface area contributed by atoms with E-state index in [2.05, 4.69) is 10.6 Å². The lowest BCUT2D eigenvalue weighted by molar-refractivity contribution is -0.124. The maximum atomic E-state index is 13.2. The van der Waals surface area contributed by atoms with Crippen molar-refractivity contribution in [1.29, 1.82) is 0 Å². The third-order valence-corrected chi connectivity index (χ3v) is 9.79. The van der Waals surface area contributed by atoms with E-state index in [4.69, 9.17) is 27.9 Å². The Bertz CT molecular complexity index is 1390. The molecule has 12 heteroatoms. The van der Waals surface area contributed by atoms with Gasteiger partial charge in [0.05, 0.1) is 22.6 Å². The van der Waals surface area contributed by atoms with Gasteiger partial charge in [0.15, 0.2) is 0 Å². The number of morpholine rings is 1. The monoisotopic (exact) mass is 597 g/mol. The van der Waals surface area contributed by atoms with E-state index in [-0.39, 0.29) is 53.9 Å². The third-order valence-electron chi connectivity index (χ3n) is 6.10. The fraction of sp³-hybridized carbons (Fsp3) is 0.385. The van der Waals surface area contributed by atoms with Crippen LogP contribution in [0, 0.1) is 5.92 Å². The number of amides is 2. The Kier molecular flexibility index (Phi) is 9.33. The molecule has 2 atom stereocenters. The molecule has 0 radical (unpaired) electrons. The van der Waals surface area contributed by atoms with Crippen molar-refractivity contribution in [2.75, 3.05) is 26.2 Å². The predicted molar refractivity (Wildman–Crippen MR) is 151 cm³/mol. The van der Waals surface area contributed by atoms with Crippen LogP contribution in [0.2, 0.25) is 10.0 Å². The largest absolute Gasteiger partial charge is 0.374 e. The molecule has 8 nitrogen and oxygen atoms in total. The first-order chi connectivity index (χ1) is 18.0. The van der Waals surface area contributed by atoms with Crippen LogP contribution in [0.4, 0.5) is 0 Å². The summed E-state index contributed by atoms with van der Waals surface area (Å²) >= 11 is 13.4. The zero-order chi connectivity index (χ0) is 27.4. The Morgan fingerprint density at radius 2 is 1.92 bits per heavy atom. The van der Waals surface area contributed by atoms with Crippen LogP contribution in [0.5, 0.6) is 0 Å². The lowest BCUT2D eigenvalue weighted by Crippen LogP contribution is -2.52. The summed E-state index contributed by atoms with van der Waals surface area (Å²) in [7, 11) is -3.88. The molecule has 1 aliphatic heterocycles. The molecule has 0 saturated carbocycles. The van der Waals surface area contributed by atoms with Gasteiger partial charge in [0.25, 0.3) is 5.91 Å². The molecule has 1 saturated heterocycles. The number of hydrogen-bond donors (Lipinski definition) is 2. The smallest absolute Gasteiger partial charge is 0.262 e. The van der Waals surface area contributed by atoms with Gasteiger partial charge in [-0.15, -0.1) is 11.3 Å². The third kappa shape index (κ3) is 6.86. The van der Waals surface area contributed by atoms with Crippen molar-refractivity contribution < 1.29 is 22.7 Å². The molecule has 0 spiro atoms. The summed E-state index contributed by atoms with van der Waals surface area (Å²) in [5, 5.41) is 7.05. The number of sulfonamides is 1. The van der Waals surface area contributed by atoms with Crippen LogP contribution in [0.15, 0.2) is 53.4 Å². The van der Waals surface area contributed by atoms with Crippen LogP contribution in [0.1, 0.15) is 29.9 Å². The van der Waals surface area contributed by atoms with E-state index >= 15 is 0 Å². The first-order valence-corrected chi connectivity index (χ1v) is 15.2. The SMILES string of the molecule is CC(C)C[C@H](NC(=O)c1cc2ccccc2s1)C(=O)NCC1CN(S(=O)(=O)c2ccc(Cl)cc2Cl)CCO1. The first-order valence-electron chi connectivity index (χ1n) is 12.2. The van der Waals surface area contributed by atoms with Crippen molar-refractivity contribution in [2.24, 2.45) is 5.92 Å². The number of rotatable bonds is 9. The number of halogens is 2. The summed E-state index contributed by atoms with van der Waals surface area (Å²) in [5.41, 5.74) is 0. The fourth-order valence-corrected chi connectivity index (χ4v) is 7.39. The van der Waals surface area contributed by atoms with Crippen molar-refractivity contribution in [3.63, 3.8) is 0 Å². The van der Waals surface area contributed by atoms with Gasteiger partial charge in [0.2, 0.25) is 15.9 Å². The standard InChI is InChI=1S/C26H29Cl2N3O5S2/c1-16(2)11-21(30-26(33)23-12-17-5-3-4-6-22(17)37-23)25(32)29-14-19-15-31(9-10-36-19)38(34,35)24-8-7-18(27)13-20(24)28/h3-8,12-13,16,19,21H,9-11,14-15H2,1-2H3,(H,29,32)(H,30,33)/t19?,21-/m0/s1. The second-order valence-electron chi connectivity index (χ2n) is 9.48. The molecule has 2 N–H and O–H groups in total. The number of hydrogen-bond acceptors (Lipinski definition) is 6. The molecule has 1 aromatic heterocycles. The Morgan fingerprint density at radius 1 is 1.16 bits per heavy atom. The van der Waals surface area contributed by atoms with Gasteiger partial charge in [-0.25, -0.2) is 8.42 Å². The van der Waals surface area contributed by atoms with Crippen molar-refractivity contribution in [3.05, 3.63) is 63.5 Å². The van der Waals surface area contributed by atoms with Gasteiger partial charge < -0.3 is 15.4 Å². The Morgan fingerprint density at radius 3 is 2.63 bits per heavy atom. The molecule has 2 heterocycles. The summed E-state index contributed by atoms with van der Waals surface area (Å²) in [5.74, 6) is -0.500. The Labute approximate surface area is 236 Å². The van der Waals surface area contributed by atoms with Crippen molar-refractivity contribution >= 4 is 66.5 Å². The molecule has 1 fully saturated rings. The van der Waals surface area contributed by atoms with Gasteiger partial charge in [-0.05, 0) is 48.1 Å². The number of fused-ring (bicyclic) bond motifs is 1. The van der Waals surface area contributed by atoms with E-state index in [1.54, 1.807) is 0 Å².